The number of hydrogen-bond acceptors (Lipinski definition) is 8. The number of ketones is 2. The van der Waals surface area contributed by atoms with Crippen molar-refractivity contribution in [2.24, 2.45) is 0 Å². The number of esters is 1. The highest BCUT2D eigenvalue weighted by Gasteiger charge is 2.36. The Labute approximate surface area is 347 Å². The van der Waals surface area contributed by atoms with E-state index >= 15 is 0 Å². The normalized spacial score (nSPS) is 11.7. The maximum absolute atomic E-state index is 12.5. The zero-order chi connectivity index (χ0) is 38.8. The lowest BCUT2D eigenvalue weighted by Gasteiger charge is -2.29. The Morgan fingerprint density at radius 1 is 0.635 bits per heavy atom. The minimum Gasteiger partial charge on any atom is -0.506 e. The van der Waals surface area contributed by atoms with Gasteiger partial charge in [0.2, 0.25) is 0 Å². The molecule has 0 radical (unpaired) electrons. The molecule has 274 valence electrons. The van der Waals surface area contributed by atoms with E-state index in [0.29, 0.717) is 34.8 Å². The van der Waals surface area contributed by atoms with Crippen LogP contribution in [0.4, 0.5) is 0 Å². The number of phenols is 1. The first kappa shape index (κ1) is 43.8. The van der Waals surface area contributed by atoms with Crippen LogP contribution < -0.4 is 4.74 Å². The summed E-state index contributed by atoms with van der Waals surface area (Å²) in [6, 6.07) is 22.1. The highest BCUT2D eigenvalue weighted by molar-refractivity contribution is 9.11. The lowest BCUT2D eigenvalue weighted by atomic mass is 10.1. The number of rotatable bonds is 11. The highest BCUT2D eigenvalue weighted by atomic mass is 79.9. The van der Waals surface area contributed by atoms with Gasteiger partial charge in [-0.25, -0.2) is 4.79 Å². The van der Waals surface area contributed by atoms with Crippen molar-refractivity contribution in [2.45, 2.75) is 55.6 Å². The van der Waals surface area contributed by atoms with Crippen molar-refractivity contribution in [3.63, 3.8) is 0 Å². The predicted octanol–water partition coefficient (Wildman–Crippen LogP) is 12.9. The molecule has 0 atom stereocenters. The second-order valence-corrected chi connectivity index (χ2v) is 17.8. The molecule has 0 heterocycles. The second kappa shape index (κ2) is 19.6. The SMILES string of the molecule is CSc1ccc(C(=O)/C=C/c2cc(Br)c(O)c(Br)c2)cc1.CSc1ccc(C(=O)/C=C/c2cc(Br)c(OC(C)(C)C(=O)OC(C)(C)C)c(Br)c2)cc1. The first-order valence-corrected chi connectivity index (χ1v) is 21.3. The molecule has 0 saturated heterocycles. The largest absolute Gasteiger partial charge is 0.506 e. The van der Waals surface area contributed by atoms with E-state index in [4.69, 9.17) is 9.47 Å². The highest BCUT2D eigenvalue weighted by Crippen LogP contribution is 2.38. The number of hydrogen-bond donors (Lipinski definition) is 1. The summed E-state index contributed by atoms with van der Waals surface area (Å²) < 4.78 is 13.9. The summed E-state index contributed by atoms with van der Waals surface area (Å²) in [5, 5.41) is 9.65. The molecule has 1 N–H and O–H groups in total. The van der Waals surface area contributed by atoms with Crippen LogP contribution in [0.3, 0.4) is 0 Å². The van der Waals surface area contributed by atoms with E-state index in [1.807, 2.05) is 93.9 Å². The topological polar surface area (TPSA) is 89.9 Å². The van der Waals surface area contributed by atoms with E-state index in [2.05, 4.69) is 63.7 Å². The minimum atomic E-state index is -1.19. The van der Waals surface area contributed by atoms with Crippen LogP contribution >= 0.6 is 87.2 Å². The average molecular weight is 998 g/mol. The van der Waals surface area contributed by atoms with Crippen LogP contribution in [0.1, 0.15) is 66.5 Å². The molecular formula is C40H38Br4O6S2. The van der Waals surface area contributed by atoms with Crippen molar-refractivity contribution in [1.82, 2.24) is 0 Å². The van der Waals surface area contributed by atoms with Crippen molar-refractivity contribution in [2.75, 3.05) is 12.5 Å². The minimum absolute atomic E-state index is 0.0528. The van der Waals surface area contributed by atoms with Crippen molar-refractivity contribution in [3.05, 3.63) is 125 Å². The fourth-order valence-corrected chi connectivity index (χ4v) is 7.62. The molecule has 0 saturated carbocycles. The van der Waals surface area contributed by atoms with E-state index in [0.717, 1.165) is 20.9 Å². The van der Waals surface area contributed by atoms with Gasteiger partial charge in [-0.2, -0.15) is 0 Å². The average Bonchev–Trinajstić information content (AvgIpc) is 3.09. The van der Waals surface area contributed by atoms with Gasteiger partial charge in [-0.1, -0.05) is 12.2 Å². The van der Waals surface area contributed by atoms with E-state index < -0.39 is 17.2 Å². The number of carbonyl (C=O) groups excluding carboxylic acids is 3. The Balaban J connectivity index is 0.000000302. The predicted molar refractivity (Wildman–Crippen MR) is 229 cm³/mol. The lowest BCUT2D eigenvalue weighted by Crippen LogP contribution is -2.43. The Hall–Kier alpha value is -2.61. The molecule has 0 aliphatic heterocycles. The first-order valence-electron chi connectivity index (χ1n) is 15.7. The zero-order valence-electron chi connectivity index (χ0n) is 29.6. The zero-order valence-corrected chi connectivity index (χ0v) is 37.5. The van der Waals surface area contributed by atoms with Crippen LogP contribution in [0.15, 0.2) is 113 Å². The standard InChI is InChI=1S/C24H26Br2O4S.C16H12Br2O2S/c1-23(2,3)30-22(28)24(4,5)29-21-18(25)13-15(14-19(21)26)7-12-20(27)16-8-10-17(31-6)11-9-16;1-21-12-5-3-11(4-6-12)15(19)7-2-10-8-13(17)16(20)14(18)9-10/h7-14H,1-6H3;2-9,20H,1H3/b12-7+;7-2+. The molecule has 52 heavy (non-hydrogen) atoms. The third kappa shape index (κ3) is 13.4. The van der Waals surface area contributed by atoms with E-state index in [9.17, 15) is 19.5 Å². The first-order chi connectivity index (χ1) is 24.3. The van der Waals surface area contributed by atoms with Crippen LogP contribution in [-0.2, 0) is 9.53 Å². The third-order valence-electron chi connectivity index (χ3n) is 6.91. The Morgan fingerprint density at radius 3 is 1.35 bits per heavy atom. The van der Waals surface area contributed by atoms with Crippen molar-refractivity contribution >= 4 is 117 Å². The van der Waals surface area contributed by atoms with Crippen molar-refractivity contribution in [1.29, 1.82) is 0 Å². The summed E-state index contributed by atoms with van der Waals surface area (Å²) in [4.78, 5) is 39.3. The van der Waals surface area contributed by atoms with Gasteiger partial charge in [0.25, 0.3) is 0 Å². The van der Waals surface area contributed by atoms with Crippen LogP contribution in [0.25, 0.3) is 12.2 Å². The van der Waals surface area contributed by atoms with Gasteiger partial charge >= 0.3 is 5.97 Å². The molecule has 12 heteroatoms. The van der Waals surface area contributed by atoms with Crippen LogP contribution in [0, 0.1) is 0 Å². The van der Waals surface area contributed by atoms with Crippen molar-refractivity contribution in [3.8, 4) is 11.5 Å². The summed E-state index contributed by atoms with van der Waals surface area (Å²) in [7, 11) is 0. The van der Waals surface area contributed by atoms with Gasteiger partial charge in [0.05, 0.1) is 17.9 Å². The summed E-state index contributed by atoms with van der Waals surface area (Å²) in [5.74, 6) is 0.0354. The van der Waals surface area contributed by atoms with E-state index in [1.54, 1.807) is 61.7 Å². The van der Waals surface area contributed by atoms with Gasteiger partial charge in [0.15, 0.2) is 17.2 Å². The van der Waals surface area contributed by atoms with Crippen LogP contribution in [-0.4, -0.2) is 46.4 Å². The Bertz CT molecular complexity index is 1920. The molecule has 0 spiro atoms. The summed E-state index contributed by atoms with van der Waals surface area (Å²) in [6.45, 7) is 8.76. The number of halogens is 4. The van der Waals surface area contributed by atoms with Gasteiger partial charge in [-0.05, 0) is 207 Å². The number of phenolic OH excluding ortho intramolecular Hbond substituents is 1. The third-order valence-corrected chi connectivity index (χ3v) is 10.8. The maximum Gasteiger partial charge on any atom is 0.350 e. The maximum atomic E-state index is 12.5. The molecule has 0 fully saturated rings. The van der Waals surface area contributed by atoms with Gasteiger partial charge in [-0.3, -0.25) is 9.59 Å². The smallest absolute Gasteiger partial charge is 0.350 e. The quantitative estimate of drug-likeness (QED) is 0.0688. The fraction of sp³-hybridized carbons (Fsp3) is 0.225. The van der Waals surface area contributed by atoms with Gasteiger partial charge in [0, 0.05) is 20.9 Å². The molecule has 0 aliphatic carbocycles. The molecule has 0 aliphatic rings. The molecule has 6 nitrogen and oxygen atoms in total. The molecule has 4 aromatic rings. The number of benzene rings is 4. The second-order valence-electron chi connectivity index (χ2n) is 12.6. The monoisotopic (exact) mass is 994 g/mol. The van der Waals surface area contributed by atoms with Gasteiger partial charge < -0.3 is 14.6 Å². The molecular weight excluding hydrogens is 960 g/mol. The summed E-state index contributed by atoms with van der Waals surface area (Å²) >= 11 is 16.8. The molecule has 0 unspecified atom stereocenters. The molecule has 0 amide bonds. The van der Waals surface area contributed by atoms with Crippen molar-refractivity contribution < 1.29 is 29.0 Å². The lowest BCUT2D eigenvalue weighted by molar-refractivity contribution is -0.171. The van der Waals surface area contributed by atoms with Crippen LogP contribution in [0.5, 0.6) is 11.5 Å². The Morgan fingerprint density at radius 2 is 1.00 bits per heavy atom. The number of aromatic hydroxyl groups is 1. The van der Waals surface area contributed by atoms with Crippen LogP contribution in [0.2, 0.25) is 0 Å². The van der Waals surface area contributed by atoms with Gasteiger partial charge in [0.1, 0.15) is 17.1 Å². The molecule has 4 rings (SSSR count). The fourth-order valence-electron chi connectivity index (χ4n) is 4.20. The molecule has 0 aromatic heterocycles. The number of thioether (sulfide) groups is 2. The summed E-state index contributed by atoms with van der Waals surface area (Å²) in [5.41, 5.74) is 1.11. The molecule has 4 aromatic carbocycles. The van der Waals surface area contributed by atoms with E-state index in [1.165, 1.54) is 12.2 Å². The number of allylic oxidation sites excluding steroid dienone is 2. The van der Waals surface area contributed by atoms with Gasteiger partial charge in [-0.15, -0.1) is 23.5 Å². The van der Waals surface area contributed by atoms with E-state index in [-0.39, 0.29) is 17.3 Å². The summed E-state index contributed by atoms with van der Waals surface area (Å²) in [6.07, 6.45) is 10.5. The number of ether oxygens (including phenoxy) is 2. The number of carbonyl (C=O) groups is 3. The Kier molecular flexibility index (Phi) is 16.5. The molecule has 0 bridgehead atoms.